The number of aromatic nitrogens is 1. The highest BCUT2D eigenvalue weighted by molar-refractivity contribution is 5.85. The Balaban J connectivity index is 0.00000220. The molecule has 6 heteroatoms. The van der Waals surface area contributed by atoms with E-state index in [1.807, 2.05) is 49.4 Å². The molecule has 0 aliphatic rings. The van der Waals surface area contributed by atoms with Crippen molar-refractivity contribution in [3.05, 3.63) is 66.0 Å². The minimum absolute atomic E-state index is 0. The number of halogens is 2. The Kier molecular flexibility index (Phi) is 9.42. The van der Waals surface area contributed by atoms with Gasteiger partial charge in [0, 0.05) is 25.0 Å². The van der Waals surface area contributed by atoms with Gasteiger partial charge >= 0.3 is 0 Å². The largest absolute Gasteiger partial charge is 0.354 e. The first-order valence-corrected chi connectivity index (χ1v) is 6.66. The quantitative estimate of drug-likeness (QED) is 0.878. The molecule has 0 spiro atoms. The van der Waals surface area contributed by atoms with Gasteiger partial charge in [0.05, 0.1) is 5.92 Å². The number of pyridine rings is 1. The molecule has 1 aromatic heterocycles. The first-order valence-electron chi connectivity index (χ1n) is 6.66. The van der Waals surface area contributed by atoms with Gasteiger partial charge in [0.15, 0.2) is 0 Å². The topological polar surface area (TPSA) is 68.0 Å². The van der Waals surface area contributed by atoms with Crippen LogP contribution < -0.4 is 11.1 Å². The molecule has 0 aliphatic carbocycles. The molecule has 0 radical (unpaired) electrons. The number of hydrogen-bond donors (Lipinski definition) is 2. The lowest BCUT2D eigenvalue weighted by Gasteiger charge is -2.16. The van der Waals surface area contributed by atoms with Gasteiger partial charge < -0.3 is 11.1 Å². The van der Waals surface area contributed by atoms with E-state index in [0.717, 1.165) is 11.1 Å². The van der Waals surface area contributed by atoms with Crippen molar-refractivity contribution in [3.63, 3.8) is 0 Å². The molecule has 1 heterocycles. The summed E-state index contributed by atoms with van der Waals surface area (Å²) in [6, 6.07) is 13.3. The molecule has 0 aliphatic heterocycles. The Morgan fingerprint density at radius 2 is 1.77 bits per heavy atom. The van der Waals surface area contributed by atoms with Crippen LogP contribution in [0.5, 0.6) is 0 Å². The molecule has 0 fully saturated rings. The van der Waals surface area contributed by atoms with Crippen molar-refractivity contribution in [1.29, 1.82) is 0 Å². The average Bonchev–Trinajstić information content (AvgIpc) is 2.53. The van der Waals surface area contributed by atoms with E-state index in [1.165, 1.54) is 0 Å². The van der Waals surface area contributed by atoms with Crippen molar-refractivity contribution in [1.82, 2.24) is 10.3 Å². The first-order chi connectivity index (χ1) is 9.68. The van der Waals surface area contributed by atoms with Crippen molar-refractivity contribution in [2.45, 2.75) is 18.9 Å². The maximum atomic E-state index is 12.1. The Labute approximate surface area is 143 Å². The molecule has 2 rings (SSSR count). The normalized spacial score (nSPS) is 12.3. The molecule has 0 bridgehead atoms. The molecular weight excluding hydrogens is 321 g/mol. The van der Waals surface area contributed by atoms with E-state index in [-0.39, 0.29) is 42.7 Å². The summed E-state index contributed by atoms with van der Waals surface area (Å²) >= 11 is 0. The molecular formula is C16H21Cl2N3O. The smallest absolute Gasteiger partial charge is 0.227 e. The number of nitrogens with zero attached hydrogens (tertiary/aromatic N) is 1. The van der Waals surface area contributed by atoms with Crippen LogP contribution in [-0.2, 0) is 4.79 Å². The van der Waals surface area contributed by atoms with Crippen molar-refractivity contribution < 1.29 is 4.79 Å². The van der Waals surface area contributed by atoms with Crippen LogP contribution in [0.1, 0.15) is 30.0 Å². The summed E-state index contributed by atoms with van der Waals surface area (Å²) in [5.41, 5.74) is 7.97. The van der Waals surface area contributed by atoms with E-state index in [2.05, 4.69) is 10.3 Å². The van der Waals surface area contributed by atoms with Crippen molar-refractivity contribution in [2.75, 3.05) is 6.54 Å². The van der Waals surface area contributed by atoms with E-state index in [0.29, 0.717) is 6.54 Å². The van der Waals surface area contributed by atoms with Gasteiger partial charge in [0.2, 0.25) is 5.91 Å². The van der Waals surface area contributed by atoms with Crippen LogP contribution in [0.15, 0.2) is 54.9 Å². The van der Waals surface area contributed by atoms with E-state index in [9.17, 15) is 4.79 Å². The van der Waals surface area contributed by atoms with Gasteiger partial charge in [-0.05, 0) is 24.1 Å². The van der Waals surface area contributed by atoms with Crippen molar-refractivity contribution >= 4 is 30.7 Å². The number of nitrogens with one attached hydrogen (secondary N) is 1. The van der Waals surface area contributed by atoms with Crippen LogP contribution in [0, 0.1) is 0 Å². The highest BCUT2D eigenvalue weighted by atomic mass is 35.5. The molecule has 2 aromatic rings. The number of hydrogen-bond acceptors (Lipinski definition) is 3. The van der Waals surface area contributed by atoms with E-state index < -0.39 is 0 Å². The zero-order valence-corrected chi connectivity index (χ0v) is 13.9. The lowest BCUT2D eigenvalue weighted by Crippen LogP contribution is -2.34. The fourth-order valence-electron chi connectivity index (χ4n) is 1.97. The zero-order valence-electron chi connectivity index (χ0n) is 12.3. The number of rotatable bonds is 5. The van der Waals surface area contributed by atoms with Gasteiger partial charge in [0.1, 0.15) is 0 Å². The predicted molar refractivity (Wildman–Crippen MR) is 93.5 cm³/mol. The number of carbonyl (C=O) groups excluding carboxylic acids is 1. The third kappa shape index (κ3) is 5.64. The van der Waals surface area contributed by atoms with Crippen LogP contribution in [0.4, 0.5) is 0 Å². The number of carbonyl (C=O) groups is 1. The fraction of sp³-hybridized carbons (Fsp3) is 0.250. The summed E-state index contributed by atoms with van der Waals surface area (Å²) in [4.78, 5) is 16.1. The molecule has 2 atom stereocenters. The summed E-state index contributed by atoms with van der Waals surface area (Å²) in [6.07, 6.45) is 3.40. The van der Waals surface area contributed by atoms with Crippen LogP contribution in [0.2, 0.25) is 0 Å². The van der Waals surface area contributed by atoms with E-state index in [4.69, 9.17) is 5.73 Å². The minimum Gasteiger partial charge on any atom is -0.354 e. The average molecular weight is 342 g/mol. The van der Waals surface area contributed by atoms with Gasteiger partial charge in [0.25, 0.3) is 0 Å². The number of benzene rings is 1. The van der Waals surface area contributed by atoms with Gasteiger partial charge in [-0.25, -0.2) is 0 Å². The maximum Gasteiger partial charge on any atom is 0.227 e. The predicted octanol–water partition coefficient (Wildman–Crippen LogP) is 2.84. The minimum atomic E-state index is -0.230. The molecule has 1 amide bonds. The van der Waals surface area contributed by atoms with Gasteiger partial charge in [-0.15, -0.1) is 24.8 Å². The summed E-state index contributed by atoms with van der Waals surface area (Å²) < 4.78 is 0. The van der Waals surface area contributed by atoms with Crippen LogP contribution in [0.3, 0.4) is 0 Å². The molecule has 1 aromatic carbocycles. The molecule has 3 N–H and O–H groups in total. The fourth-order valence-corrected chi connectivity index (χ4v) is 1.97. The van der Waals surface area contributed by atoms with Crippen LogP contribution >= 0.6 is 24.8 Å². The van der Waals surface area contributed by atoms with E-state index >= 15 is 0 Å². The molecule has 0 saturated carbocycles. The summed E-state index contributed by atoms with van der Waals surface area (Å²) in [5.74, 6) is -0.268. The number of amides is 1. The summed E-state index contributed by atoms with van der Waals surface area (Å²) in [5, 5.41) is 2.89. The van der Waals surface area contributed by atoms with Gasteiger partial charge in [-0.1, -0.05) is 36.4 Å². The van der Waals surface area contributed by atoms with Gasteiger partial charge in [-0.2, -0.15) is 0 Å². The third-order valence-electron chi connectivity index (χ3n) is 3.30. The summed E-state index contributed by atoms with van der Waals surface area (Å²) in [7, 11) is 0. The molecule has 22 heavy (non-hydrogen) atoms. The Hall–Kier alpha value is -1.62. The van der Waals surface area contributed by atoms with Gasteiger partial charge in [-0.3, -0.25) is 9.78 Å². The van der Waals surface area contributed by atoms with Crippen molar-refractivity contribution in [3.8, 4) is 0 Å². The highest BCUT2D eigenvalue weighted by Crippen LogP contribution is 2.14. The first kappa shape index (κ1) is 20.4. The lowest BCUT2D eigenvalue weighted by molar-refractivity contribution is -0.122. The standard InChI is InChI=1S/C16H19N3O.2ClH/c1-12(14-8-5-9-18-10-14)16(20)19-11-15(17)13-6-3-2-4-7-13;;/h2-10,12,15H,11,17H2,1H3,(H,19,20);2*1H. The summed E-state index contributed by atoms with van der Waals surface area (Å²) in [6.45, 7) is 2.29. The van der Waals surface area contributed by atoms with Crippen LogP contribution in [0.25, 0.3) is 0 Å². The molecule has 120 valence electrons. The van der Waals surface area contributed by atoms with Crippen molar-refractivity contribution in [2.24, 2.45) is 5.73 Å². The maximum absolute atomic E-state index is 12.1. The second-order valence-electron chi connectivity index (χ2n) is 4.77. The highest BCUT2D eigenvalue weighted by Gasteiger charge is 2.16. The molecule has 4 nitrogen and oxygen atoms in total. The third-order valence-corrected chi connectivity index (χ3v) is 3.30. The van der Waals surface area contributed by atoms with Crippen LogP contribution in [-0.4, -0.2) is 17.4 Å². The lowest BCUT2D eigenvalue weighted by atomic mass is 10.0. The Bertz CT molecular complexity index is 552. The molecule has 0 saturated heterocycles. The second-order valence-corrected chi connectivity index (χ2v) is 4.77. The van der Waals surface area contributed by atoms with E-state index in [1.54, 1.807) is 12.4 Å². The Morgan fingerprint density at radius 1 is 1.14 bits per heavy atom. The molecule has 2 unspecified atom stereocenters. The monoisotopic (exact) mass is 341 g/mol. The second kappa shape index (κ2) is 10.2. The SMILES string of the molecule is CC(C(=O)NCC(N)c1ccccc1)c1cccnc1.Cl.Cl. The number of nitrogens with two attached hydrogens (primary N) is 1. The Morgan fingerprint density at radius 3 is 2.36 bits per heavy atom. The zero-order chi connectivity index (χ0) is 14.4.